The molecule has 2 N–H and O–H groups in total. The van der Waals surface area contributed by atoms with Crippen LogP contribution in [0, 0.1) is 13.8 Å². The minimum Gasteiger partial charge on any atom is -0.321 e. The lowest BCUT2D eigenvalue weighted by Gasteiger charge is -2.13. The summed E-state index contributed by atoms with van der Waals surface area (Å²) < 4.78 is 3.82. The molecule has 6 aromatic heterocycles. The Balaban J connectivity index is 0.000000172. The van der Waals surface area contributed by atoms with Gasteiger partial charge in [0.05, 0.1) is 28.2 Å². The van der Waals surface area contributed by atoms with Crippen molar-refractivity contribution < 1.29 is 9.59 Å². The lowest BCUT2D eigenvalue weighted by atomic mass is 10.0. The van der Waals surface area contributed by atoms with E-state index in [1.165, 1.54) is 12.4 Å². The second-order valence-electron chi connectivity index (χ2n) is 10.1. The van der Waals surface area contributed by atoms with E-state index in [0.717, 1.165) is 15.9 Å². The Bertz CT molecular complexity index is 2290. The number of nitrogens with zero attached hydrogens (tertiary/aromatic N) is 8. The molecule has 1 aromatic carbocycles. The van der Waals surface area contributed by atoms with Crippen molar-refractivity contribution in [3.05, 3.63) is 129 Å². The number of nitrogens with one attached hydrogen (secondary N) is 2. The van der Waals surface area contributed by atoms with E-state index in [1.54, 1.807) is 88.7 Å². The van der Waals surface area contributed by atoms with Crippen molar-refractivity contribution in [3.8, 4) is 11.1 Å². The summed E-state index contributed by atoms with van der Waals surface area (Å²) in [5.41, 5.74) is 5.96. The van der Waals surface area contributed by atoms with Crippen LogP contribution in [0.15, 0.2) is 96.5 Å². The second kappa shape index (κ2) is 13.6. The number of aryl methyl sites for hydroxylation is 2. The maximum Gasteiger partial charge on any atom is 0.261 e. The molecule has 0 aliphatic rings. The average Bonchev–Trinajstić information content (AvgIpc) is 3.70. The van der Waals surface area contributed by atoms with Crippen LogP contribution in [0.4, 0.5) is 11.4 Å². The van der Waals surface area contributed by atoms with Crippen molar-refractivity contribution >= 4 is 73.6 Å². The molecule has 7 rings (SSSR count). The summed E-state index contributed by atoms with van der Waals surface area (Å²) in [5.74, 6) is -0.585. The number of rotatable bonds is 5. The Morgan fingerprint density at radius 1 is 0.702 bits per heavy atom. The van der Waals surface area contributed by atoms with Crippen LogP contribution in [0.2, 0.25) is 10.0 Å². The van der Waals surface area contributed by atoms with Gasteiger partial charge < -0.3 is 10.6 Å². The Kier molecular flexibility index (Phi) is 9.20. The number of benzene rings is 1. The number of amides is 2. The molecule has 0 unspecified atom stereocenters. The Hall–Kier alpha value is -5.24. The maximum absolute atomic E-state index is 12.9. The molecule has 47 heavy (non-hydrogen) atoms. The smallest absolute Gasteiger partial charge is 0.261 e. The predicted octanol–water partition coefficient (Wildman–Crippen LogP) is 7.11. The summed E-state index contributed by atoms with van der Waals surface area (Å²) in [5, 5.41) is 15.0. The zero-order valence-electron chi connectivity index (χ0n) is 24.7. The van der Waals surface area contributed by atoms with Gasteiger partial charge in [-0.15, -0.1) is 0 Å². The molecular weight excluding hydrogens is 707 g/mol. The molecule has 0 radical (unpaired) electrons. The highest BCUT2D eigenvalue weighted by molar-refractivity contribution is 9.10. The Labute approximate surface area is 286 Å². The van der Waals surface area contributed by atoms with Crippen LogP contribution in [0.5, 0.6) is 0 Å². The lowest BCUT2D eigenvalue weighted by molar-refractivity contribution is 0.102. The number of anilines is 2. The first-order chi connectivity index (χ1) is 22.7. The normalized spacial score (nSPS) is 10.8. The zero-order chi connectivity index (χ0) is 33.1. The highest BCUT2D eigenvalue weighted by Gasteiger charge is 2.18. The van der Waals surface area contributed by atoms with Gasteiger partial charge in [-0.3, -0.25) is 19.6 Å². The molecule has 0 fully saturated rings. The minimum atomic E-state index is -0.325. The monoisotopic (exact) mass is 728 g/mol. The topological polar surface area (TPSA) is 144 Å². The van der Waals surface area contributed by atoms with Gasteiger partial charge >= 0.3 is 0 Å². The van der Waals surface area contributed by atoms with E-state index in [9.17, 15) is 9.59 Å². The number of aromatic nitrogens is 8. The highest BCUT2D eigenvalue weighted by atomic mass is 79.9. The van der Waals surface area contributed by atoms with Crippen LogP contribution in [-0.2, 0) is 0 Å². The van der Waals surface area contributed by atoms with E-state index in [2.05, 4.69) is 56.7 Å². The molecule has 0 spiro atoms. The van der Waals surface area contributed by atoms with Gasteiger partial charge in [0, 0.05) is 69.7 Å². The second-order valence-corrected chi connectivity index (χ2v) is 11.8. The van der Waals surface area contributed by atoms with Crippen molar-refractivity contribution in [1.29, 1.82) is 0 Å². The van der Waals surface area contributed by atoms with Crippen molar-refractivity contribution in [2.75, 3.05) is 10.6 Å². The molecule has 7 aromatic rings. The summed E-state index contributed by atoms with van der Waals surface area (Å²) in [6, 6.07) is 12.2. The molecule has 0 aliphatic carbocycles. The van der Waals surface area contributed by atoms with E-state index < -0.39 is 0 Å². The third kappa shape index (κ3) is 6.97. The van der Waals surface area contributed by atoms with E-state index in [-0.39, 0.29) is 11.8 Å². The van der Waals surface area contributed by atoms with E-state index >= 15 is 0 Å². The Morgan fingerprint density at radius 2 is 1.26 bits per heavy atom. The maximum atomic E-state index is 12.9. The van der Waals surface area contributed by atoms with Gasteiger partial charge in [-0.2, -0.15) is 10.2 Å². The number of carbonyl (C=O) groups is 2. The van der Waals surface area contributed by atoms with Gasteiger partial charge in [0.25, 0.3) is 11.8 Å². The SMILES string of the molecule is Cc1cc(NC(=O)c2cnn3cccnc23)c(-c2cc(Cl)ccc2Cl)cn1.Cc1cc(NC(=O)c2cnn3cccnc23)c(Br)cn1. The molecule has 0 bridgehead atoms. The van der Waals surface area contributed by atoms with Gasteiger partial charge in [-0.25, -0.2) is 19.0 Å². The standard InChI is InChI=1S/C19H13Cl2N5O.C13H10BrN5O/c1-11-7-17(14(9-23-11)13-8-12(20)3-4-16(13)21)25-19(27)15-10-24-26-6-2-5-22-18(15)26;1-8-5-11(10(14)7-16-8)18-13(20)9-6-17-19-4-2-3-15-12(9)19/h2-10H,1H3,(H,23,25,27);2-7H,1H3,(H,16,18,20). The highest BCUT2D eigenvalue weighted by Crippen LogP contribution is 2.35. The predicted molar refractivity (Wildman–Crippen MR) is 183 cm³/mol. The molecule has 15 heteroatoms. The van der Waals surface area contributed by atoms with Crippen molar-refractivity contribution in [1.82, 2.24) is 39.2 Å². The van der Waals surface area contributed by atoms with Crippen LogP contribution in [0.1, 0.15) is 32.1 Å². The average molecular weight is 730 g/mol. The third-order valence-corrected chi connectivity index (χ3v) is 7.99. The summed E-state index contributed by atoms with van der Waals surface area (Å²) in [7, 11) is 0. The molecular formula is C32H23BrCl2N10O2. The zero-order valence-corrected chi connectivity index (χ0v) is 27.8. The first-order valence-corrected chi connectivity index (χ1v) is 15.5. The quantitative estimate of drug-likeness (QED) is 0.191. The molecule has 0 saturated carbocycles. The van der Waals surface area contributed by atoms with Gasteiger partial charge in [-0.05, 0) is 72.2 Å². The number of hydrogen-bond donors (Lipinski definition) is 2. The largest absolute Gasteiger partial charge is 0.321 e. The van der Waals surface area contributed by atoms with Crippen LogP contribution < -0.4 is 10.6 Å². The van der Waals surface area contributed by atoms with Crippen LogP contribution in [-0.4, -0.2) is 51.0 Å². The number of fused-ring (bicyclic) bond motifs is 2. The first kappa shape index (κ1) is 31.7. The van der Waals surface area contributed by atoms with E-state index in [0.29, 0.717) is 55.0 Å². The molecule has 0 atom stereocenters. The summed E-state index contributed by atoms with van der Waals surface area (Å²) in [6.07, 6.45) is 13.0. The molecule has 2 amide bonds. The Morgan fingerprint density at radius 3 is 1.87 bits per heavy atom. The summed E-state index contributed by atoms with van der Waals surface area (Å²) >= 11 is 15.8. The van der Waals surface area contributed by atoms with Crippen molar-refractivity contribution in [3.63, 3.8) is 0 Å². The lowest BCUT2D eigenvalue weighted by Crippen LogP contribution is -2.13. The van der Waals surface area contributed by atoms with Gasteiger partial charge in [0.2, 0.25) is 0 Å². The molecule has 0 saturated heterocycles. The summed E-state index contributed by atoms with van der Waals surface area (Å²) in [4.78, 5) is 42.0. The van der Waals surface area contributed by atoms with Gasteiger partial charge in [0.15, 0.2) is 11.3 Å². The van der Waals surface area contributed by atoms with E-state index in [1.807, 2.05) is 13.8 Å². The fourth-order valence-corrected chi connectivity index (χ4v) is 5.28. The van der Waals surface area contributed by atoms with Gasteiger partial charge in [-0.1, -0.05) is 23.2 Å². The molecule has 6 heterocycles. The van der Waals surface area contributed by atoms with Crippen LogP contribution in [0.3, 0.4) is 0 Å². The molecule has 234 valence electrons. The summed E-state index contributed by atoms with van der Waals surface area (Å²) in [6.45, 7) is 3.70. The van der Waals surface area contributed by atoms with Gasteiger partial charge in [0.1, 0.15) is 11.1 Å². The third-order valence-electron chi connectivity index (χ3n) is 6.80. The minimum absolute atomic E-state index is 0.259. The first-order valence-electron chi connectivity index (χ1n) is 13.9. The van der Waals surface area contributed by atoms with Crippen LogP contribution in [0.25, 0.3) is 22.4 Å². The molecule has 12 nitrogen and oxygen atoms in total. The number of halogens is 3. The number of hydrogen-bond acceptors (Lipinski definition) is 8. The molecule has 0 aliphatic heterocycles. The van der Waals surface area contributed by atoms with Crippen molar-refractivity contribution in [2.45, 2.75) is 13.8 Å². The van der Waals surface area contributed by atoms with Crippen molar-refractivity contribution in [2.24, 2.45) is 0 Å². The number of carbonyl (C=O) groups excluding carboxylic acids is 2. The fraction of sp³-hybridized carbons (Fsp3) is 0.0625. The van der Waals surface area contributed by atoms with E-state index in [4.69, 9.17) is 23.2 Å². The number of pyridine rings is 2. The fourth-order valence-electron chi connectivity index (χ4n) is 4.57. The van der Waals surface area contributed by atoms with Crippen LogP contribution >= 0.6 is 39.1 Å².